The molecular formula is C85H140O17P2. The number of hydrogen-bond acceptors (Lipinski definition) is 15. The van der Waals surface area contributed by atoms with Gasteiger partial charge in [-0.3, -0.25) is 37.3 Å². The van der Waals surface area contributed by atoms with Crippen molar-refractivity contribution in [2.45, 2.75) is 316 Å². The molecule has 0 saturated carbocycles. The standard InChI is InChI=1S/C85H140O17P2/c1-5-9-13-17-21-25-29-33-37-39-43-46-50-54-58-62-66-70-83(88)96-76-81(102-85(90)72-68-64-60-56-52-48-44-40-38-34-30-26-22-18-14-10-6-2)78-100-104(93,94)98-74-79(86)73-97-103(91,92)99-77-80(101-84(89)71-67-63-59-55-51-47-42-36-32-28-24-20-16-12-8-4)75-95-82(87)69-65-61-57-53-49-45-41-35-31-27-23-19-15-11-7-3/h9-16,21-28,33-38,41-43,46,79-81,86H,5-8,17-20,29-32,39-40,44-45,47-78H2,1-4H3,(H,91,92)(H,93,94)/b13-9-,14-10-,15-11-,16-12-,25-21-,26-22-,27-23-,28-24-,37-33-,38-34-,41-35-,42-36-,46-43-. The van der Waals surface area contributed by atoms with Gasteiger partial charge in [-0.1, -0.05) is 269 Å². The predicted octanol–water partition coefficient (Wildman–Crippen LogP) is 23.2. The van der Waals surface area contributed by atoms with E-state index in [1.807, 2.05) is 0 Å². The number of rotatable bonds is 73. The number of carbonyl (C=O) groups is 4. The molecule has 0 rings (SSSR count). The van der Waals surface area contributed by atoms with Crippen molar-refractivity contribution in [3.63, 3.8) is 0 Å². The minimum absolute atomic E-state index is 0.0664. The van der Waals surface area contributed by atoms with Crippen molar-refractivity contribution in [3.05, 3.63) is 158 Å². The van der Waals surface area contributed by atoms with E-state index >= 15 is 0 Å². The fourth-order valence-electron chi connectivity index (χ4n) is 10.1. The van der Waals surface area contributed by atoms with Crippen molar-refractivity contribution in [2.24, 2.45) is 0 Å². The summed E-state index contributed by atoms with van der Waals surface area (Å²) in [6.45, 7) is 4.35. The van der Waals surface area contributed by atoms with Crippen LogP contribution >= 0.6 is 15.6 Å². The zero-order chi connectivity index (χ0) is 76.0. The first-order valence-electron chi connectivity index (χ1n) is 39.7. The molecular weight excluding hydrogens is 1350 g/mol. The summed E-state index contributed by atoms with van der Waals surface area (Å²) in [7, 11) is -9.99. The van der Waals surface area contributed by atoms with Crippen LogP contribution in [0.2, 0.25) is 0 Å². The van der Waals surface area contributed by atoms with Crippen LogP contribution in [0.4, 0.5) is 0 Å². The van der Waals surface area contributed by atoms with E-state index < -0.39 is 97.5 Å². The van der Waals surface area contributed by atoms with Gasteiger partial charge < -0.3 is 33.8 Å². The molecule has 5 atom stereocenters. The summed E-state index contributed by atoms with van der Waals surface area (Å²) in [5.41, 5.74) is 0. The minimum Gasteiger partial charge on any atom is -0.462 e. The highest BCUT2D eigenvalue weighted by Gasteiger charge is 2.30. The molecule has 5 unspecified atom stereocenters. The molecule has 0 fully saturated rings. The monoisotopic (exact) mass is 1490 g/mol. The number of phosphoric acid groups is 2. The van der Waals surface area contributed by atoms with Gasteiger partial charge in [0.05, 0.1) is 26.4 Å². The molecule has 0 aromatic heterocycles. The lowest BCUT2D eigenvalue weighted by Gasteiger charge is -2.21. The number of aliphatic hydroxyl groups excluding tert-OH is 1. The Balaban J connectivity index is 5.43. The highest BCUT2D eigenvalue weighted by Crippen LogP contribution is 2.45. The van der Waals surface area contributed by atoms with Gasteiger partial charge >= 0.3 is 39.5 Å². The Morgan fingerprint density at radius 1 is 0.269 bits per heavy atom. The van der Waals surface area contributed by atoms with Crippen LogP contribution in [-0.4, -0.2) is 96.7 Å². The lowest BCUT2D eigenvalue weighted by Crippen LogP contribution is -2.30. The minimum atomic E-state index is -4.99. The number of esters is 4. The van der Waals surface area contributed by atoms with E-state index in [4.69, 9.17) is 37.0 Å². The van der Waals surface area contributed by atoms with Gasteiger partial charge in [0, 0.05) is 25.7 Å². The van der Waals surface area contributed by atoms with Gasteiger partial charge in [0.15, 0.2) is 12.2 Å². The quantitative estimate of drug-likeness (QED) is 0.0169. The highest BCUT2D eigenvalue weighted by atomic mass is 31.2. The zero-order valence-electron chi connectivity index (χ0n) is 64.6. The van der Waals surface area contributed by atoms with Gasteiger partial charge in [-0.25, -0.2) is 9.13 Å². The van der Waals surface area contributed by atoms with Crippen molar-refractivity contribution >= 4 is 39.5 Å². The van der Waals surface area contributed by atoms with Crippen molar-refractivity contribution in [2.75, 3.05) is 39.6 Å². The summed E-state index contributed by atoms with van der Waals surface area (Å²) in [5, 5.41) is 10.6. The van der Waals surface area contributed by atoms with E-state index in [2.05, 4.69) is 186 Å². The van der Waals surface area contributed by atoms with Gasteiger partial charge in [-0.15, -0.1) is 0 Å². The molecule has 0 aliphatic carbocycles. The molecule has 104 heavy (non-hydrogen) atoms. The molecule has 0 aliphatic heterocycles. The zero-order valence-corrected chi connectivity index (χ0v) is 66.4. The number of ether oxygens (including phenoxy) is 4. The Labute approximate surface area is 629 Å². The summed E-state index contributed by atoms with van der Waals surface area (Å²) in [6.07, 6.45) is 87.9. The van der Waals surface area contributed by atoms with Gasteiger partial charge in [0.25, 0.3) is 0 Å². The molecule has 0 aliphatic rings. The molecule has 19 heteroatoms. The molecule has 0 aromatic carbocycles. The molecule has 0 saturated heterocycles. The van der Waals surface area contributed by atoms with Crippen LogP contribution in [0.25, 0.3) is 0 Å². The number of hydrogen-bond donors (Lipinski definition) is 3. The first-order valence-corrected chi connectivity index (χ1v) is 42.7. The van der Waals surface area contributed by atoms with E-state index in [1.165, 1.54) is 0 Å². The van der Waals surface area contributed by atoms with Crippen molar-refractivity contribution in [1.82, 2.24) is 0 Å². The summed E-state index contributed by atoms with van der Waals surface area (Å²) < 4.78 is 68.6. The van der Waals surface area contributed by atoms with E-state index in [-0.39, 0.29) is 25.7 Å². The second-order valence-electron chi connectivity index (χ2n) is 25.8. The van der Waals surface area contributed by atoms with Crippen LogP contribution in [0.5, 0.6) is 0 Å². The summed E-state index contributed by atoms with van der Waals surface area (Å²) in [5.74, 6) is -2.26. The Hall–Kier alpha value is -5.32. The third-order valence-corrected chi connectivity index (χ3v) is 17.9. The molecule has 0 radical (unpaired) electrons. The van der Waals surface area contributed by atoms with Gasteiger partial charge in [0.2, 0.25) is 0 Å². The lowest BCUT2D eigenvalue weighted by atomic mass is 10.1. The second-order valence-corrected chi connectivity index (χ2v) is 28.7. The maximum Gasteiger partial charge on any atom is 0.472 e. The molecule has 17 nitrogen and oxygen atoms in total. The van der Waals surface area contributed by atoms with Gasteiger partial charge in [-0.05, 0) is 161 Å². The molecule has 0 heterocycles. The maximum absolute atomic E-state index is 13.1. The highest BCUT2D eigenvalue weighted by molar-refractivity contribution is 7.47. The van der Waals surface area contributed by atoms with Gasteiger partial charge in [0.1, 0.15) is 19.3 Å². The first kappa shape index (κ1) is 98.7. The largest absolute Gasteiger partial charge is 0.472 e. The summed E-state index contributed by atoms with van der Waals surface area (Å²) >= 11 is 0. The molecule has 0 amide bonds. The van der Waals surface area contributed by atoms with E-state index in [1.54, 1.807) is 0 Å². The number of phosphoric ester groups is 2. The molecule has 0 bridgehead atoms. The molecule has 3 N–H and O–H groups in total. The van der Waals surface area contributed by atoms with Crippen LogP contribution in [-0.2, 0) is 65.4 Å². The predicted molar refractivity (Wildman–Crippen MR) is 427 cm³/mol. The van der Waals surface area contributed by atoms with Crippen LogP contribution in [0, 0.1) is 0 Å². The molecule has 592 valence electrons. The van der Waals surface area contributed by atoms with Crippen LogP contribution in [0.15, 0.2) is 158 Å². The van der Waals surface area contributed by atoms with Crippen LogP contribution < -0.4 is 0 Å². The van der Waals surface area contributed by atoms with Crippen LogP contribution in [0.1, 0.15) is 297 Å². The Morgan fingerprint density at radius 3 is 0.721 bits per heavy atom. The lowest BCUT2D eigenvalue weighted by molar-refractivity contribution is -0.161. The number of allylic oxidation sites excluding steroid dienone is 26. The average Bonchev–Trinajstić information content (AvgIpc) is 0.926. The van der Waals surface area contributed by atoms with Crippen molar-refractivity contribution in [1.29, 1.82) is 0 Å². The third kappa shape index (κ3) is 74.9. The maximum atomic E-state index is 13.1. The molecule has 0 spiro atoms. The fraction of sp³-hybridized carbons (Fsp3) is 0.647. The number of carbonyl (C=O) groups excluding carboxylic acids is 4. The van der Waals surface area contributed by atoms with Crippen molar-refractivity contribution in [3.8, 4) is 0 Å². The van der Waals surface area contributed by atoms with Crippen LogP contribution in [0.3, 0.4) is 0 Å². The Bertz CT molecular complexity index is 2590. The van der Waals surface area contributed by atoms with Gasteiger partial charge in [-0.2, -0.15) is 0 Å². The van der Waals surface area contributed by atoms with E-state index in [0.29, 0.717) is 25.7 Å². The summed E-state index contributed by atoms with van der Waals surface area (Å²) in [4.78, 5) is 73.1. The molecule has 0 aromatic rings. The number of aliphatic hydroxyl groups is 1. The third-order valence-electron chi connectivity index (χ3n) is 16.0. The average molecular weight is 1500 g/mol. The normalized spacial score (nSPS) is 14.7. The van der Waals surface area contributed by atoms with Crippen molar-refractivity contribution < 1.29 is 80.2 Å². The second kappa shape index (κ2) is 75.9. The smallest absolute Gasteiger partial charge is 0.462 e. The fourth-order valence-corrected chi connectivity index (χ4v) is 11.7. The Morgan fingerprint density at radius 2 is 0.471 bits per heavy atom. The van der Waals surface area contributed by atoms with E-state index in [9.17, 15) is 43.2 Å². The van der Waals surface area contributed by atoms with E-state index in [0.717, 1.165) is 218 Å². The summed E-state index contributed by atoms with van der Waals surface area (Å²) in [6, 6.07) is 0. The topological polar surface area (TPSA) is 237 Å². The SMILES string of the molecule is CC/C=C\C/C=C\C/C=C\C/C=C\CCCCCCC(=O)OCC(COP(=O)(O)OCC(O)COP(=O)(O)OCC(COC(=O)CCCCCCC/C=C\C/C=C\C/C=C\CC)OC(=O)CCCCCCC/C=C\C/C=C\C/C=C\CC)OC(=O)CCCCCCCCC/C=C\C/C=C\C/C=C\CC. The Kier molecular flexibility index (Phi) is 72.0. The first-order chi connectivity index (χ1) is 50.7. The number of unbranched alkanes of at least 4 members (excludes halogenated alkanes) is 21.